The number of halogens is 3. The van der Waals surface area contributed by atoms with Crippen LogP contribution in [0.15, 0.2) is 47.7 Å². The Kier molecular flexibility index (Phi) is 5.91. The molecule has 0 N–H and O–H groups in total. The van der Waals surface area contributed by atoms with E-state index in [1.165, 1.54) is 16.5 Å². The summed E-state index contributed by atoms with van der Waals surface area (Å²) in [4.78, 5) is 22.4. The van der Waals surface area contributed by atoms with Crippen LogP contribution >= 0.6 is 11.6 Å². The lowest BCUT2D eigenvalue weighted by Crippen LogP contribution is -2.23. The fraction of sp³-hybridized carbons (Fsp3) is 0.333. The van der Waals surface area contributed by atoms with Gasteiger partial charge in [0.15, 0.2) is 5.65 Å². The molecule has 34 heavy (non-hydrogen) atoms. The zero-order chi connectivity index (χ0) is 24.0. The maximum Gasteiger partial charge on any atom is 0.277 e. The van der Waals surface area contributed by atoms with Crippen molar-refractivity contribution < 1.29 is 13.5 Å². The van der Waals surface area contributed by atoms with Gasteiger partial charge in [-0.1, -0.05) is 35.9 Å². The van der Waals surface area contributed by atoms with Gasteiger partial charge in [-0.25, -0.2) is 18.7 Å². The lowest BCUT2D eigenvalue weighted by atomic mass is 9.90. The number of rotatable bonds is 4. The molecule has 4 aromatic rings. The summed E-state index contributed by atoms with van der Waals surface area (Å²) >= 11 is 6.23. The van der Waals surface area contributed by atoms with E-state index in [1.807, 2.05) is 13.2 Å². The van der Waals surface area contributed by atoms with Gasteiger partial charge < -0.3 is 4.74 Å². The highest BCUT2D eigenvalue weighted by molar-refractivity contribution is 6.31. The minimum absolute atomic E-state index is 0.00872. The van der Waals surface area contributed by atoms with E-state index in [1.54, 1.807) is 36.1 Å². The van der Waals surface area contributed by atoms with Crippen LogP contribution in [0.25, 0.3) is 16.9 Å². The third-order valence-corrected chi connectivity index (χ3v) is 6.61. The zero-order valence-corrected chi connectivity index (χ0v) is 19.3. The molecule has 2 atom stereocenters. The van der Waals surface area contributed by atoms with Gasteiger partial charge in [0.05, 0.1) is 23.7 Å². The van der Waals surface area contributed by atoms with Crippen LogP contribution in [-0.4, -0.2) is 30.8 Å². The molecule has 0 amide bonds. The lowest BCUT2D eigenvalue weighted by Gasteiger charge is -2.29. The van der Waals surface area contributed by atoms with Crippen LogP contribution in [0.1, 0.15) is 53.8 Å². The second-order valence-corrected chi connectivity index (χ2v) is 8.85. The maximum absolute atomic E-state index is 13.1. The third kappa shape index (κ3) is 4.10. The van der Waals surface area contributed by atoms with E-state index in [-0.39, 0.29) is 22.6 Å². The molecule has 0 saturated carbocycles. The second kappa shape index (κ2) is 8.88. The first-order valence-electron chi connectivity index (χ1n) is 10.9. The van der Waals surface area contributed by atoms with Crippen molar-refractivity contribution in [2.24, 2.45) is 7.05 Å². The van der Waals surface area contributed by atoms with E-state index in [2.05, 4.69) is 10.1 Å². The van der Waals surface area contributed by atoms with Crippen molar-refractivity contribution in [1.82, 2.24) is 24.1 Å². The summed E-state index contributed by atoms with van der Waals surface area (Å²) in [7, 11) is 1.85. The van der Waals surface area contributed by atoms with E-state index in [0.717, 1.165) is 12.0 Å². The summed E-state index contributed by atoms with van der Waals surface area (Å²) < 4.78 is 35.3. The highest BCUT2D eigenvalue weighted by Crippen LogP contribution is 2.37. The van der Waals surface area contributed by atoms with Crippen LogP contribution in [0, 0.1) is 6.92 Å². The van der Waals surface area contributed by atoms with Gasteiger partial charge in [-0.2, -0.15) is 5.10 Å². The first kappa shape index (κ1) is 22.6. The Balaban J connectivity index is 1.63. The normalized spacial score (nSPS) is 18.6. The monoisotopic (exact) mass is 485 g/mol. The summed E-state index contributed by atoms with van der Waals surface area (Å²) in [5.74, 6) is 0.00872. The first-order chi connectivity index (χ1) is 16.3. The molecule has 1 saturated heterocycles. The SMILES string of the molecule is Cc1nc2c(-c3ccc(C(F)F)cc3)nc([C@@H]3CCO[C@@H](c4cnn(C)c4)C3)cn2c(=O)c1Cl. The van der Waals surface area contributed by atoms with Crippen molar-refractivity contribution in [2.75, 3.05) is 6.61 Å². The van der Waals surface area contributed by atoms with Crippen molar-refractivity contribution in [1.29, 1.82) is 0 Å². The van der Waals surface area contributed by atoms with Crippen molar-refractivity contribution in [3.63, 3.8) is 0 Å². The summed E-state index contributed by atoms with van der Waals surface area (Å²) in [6, 6.07) is 5.87. The summed E-state index contributed by atoms with van der Waals surface area (Å²) in [5, 5.41) is 4.27. The molecule has 0 aliphatic carbocycles. The third-order valence-electron chi connectivity index (χ3n) is 6.18. The van der Waals surface area contributed by atoms with Crippen molar-refractivity contribution >= 4 is 17.2 Å². The van der Waals surface area contributed by atoms with Crippen molar-refractivity contribution in [3.8, 4) is 11.3 Å². The predicted octanol–water partition coefficient (Wildman–Crippen LogP) is 5.02. The zero-order valence-electron chi connectivity index (χ0n) is 18.6. The molecule has 0 spiro atoms. The maximum atomic E-state index is 13.1. The number of ether oxygens (including phenoxy) is 1. The fourth-order valence-corrected chi connectivity index (χ4v) is 4.46. The summed E-state index contributed by atoms with van der Waals surface area (Å²) in [5.41, 5.74) is 2.94. The standard InChI is InChI=1S/C24H22ClF2N5O2/c1-13-20(25)24(33)32-12-18(16-7-8-34-19(9-16)17-10-28-31(2)11-17)30-21(23(32)29-13)14-3-5-15(6-4-14)22(26)27/h3-6,10-12,16,19,22H,7-9H2,1-2H3/t16-,19-/m1/s1. The largest absolute Gasteiger partial charge is 0.373 e. The van der Waals surface area contributed by atoms with Gasteiger partial charge >= 0.3 is 0 Å². The molecule has 0 unspecified atom stereocenters. The number of hydrogen-bond donors (Lipinski definition) is 0. The van der Waals surface area contributed by atoms with E-state index >= 15 is 0 Å². The number of alkyl halides is 2. The molecule has 176 valence electrons. The lowest BCUT2D eigenvalue weighted by molar-refractivity contribution is 0.00455. The number of fused-ring (bicyclic) bond motifs is 1. The Bertz CT molecular complexity index is 1420. The van der Waals surface area contributed by atoms with Gasteiger partial charge in [0, 0.05) is 48.7 Å². The topological polar surface area (TPSA) is 74.3 Å². The average molecular weight is 486 g/mol. The van der Waals surface area contributed by atoms with Gasteiger partial charge in [-0.05, 0) is 19.8 Å². The second-order valence-electron chi connectivity index (χ2n) is 8.48. The highest BCUT2D eigenvalue weighted by Gasteiger charge is 2.28. The van der Waals surface area contributed by atoms with Crippen molar-refractivity contribution in [2.45, 2.75) is 38.2 Å². The van der Waals surface area contributed by atoms with Gasteiger partial charge in [0.2, 0.25) is 0 Å². The Morgan fingerprint density at radius 2 is 1.94 bits per heavy atom. The molecule has 1 aliphatic rings. The minimum Gasteiger partial charge on any atom is -0.373 e. The van der Waals surface area contributed by atoms with E-state index in [0.29, 0.717) is 41.3 Å². The van der Waals surface area contributed by atoms with E-state index < -0.39 is 12.0 Å². The summed E-state index contributed by atoms with van der Waals surface area (Å²) in [6.45, 7) is 2.18. The molecular formula is C24H22ClF2N5O2. The van der Waals surface area contributed by atoms with Crippen LogP contribution in [0.4, 0.5) is 8.78 Å². The van der Waals surface area contributed by atoms with E-state index in [9.17, 15) is 13.6 Å². The highest BCUT2D eigenvalue weighted by atomic mass is 35.5. The Morgan fingerprint density at radius 1 is 1.18 bits per heavy atom. The molecule has 0 bridgehead atoms. The fourth-order valence-electron chi connectivity index (χ4n) is 4.33. The van der Waals surface area contributed by atoms with Gasteiger partial charge in [0.1, 0.15) is 10.7 Å². The summed E-state index contributed by atoms with van der Waals surface area (Å²) in [6.07, 6.45) is 4.07. The number of hydrogen-bond acceptors (Lipinski definition) is 5. The Morgan fingerprint density at radius 3 is 2.62 bits per heavy atom. The molecule has 10 heteroatoms. The Hall–Kier alpha value is -3.17. The number of aromatic nitrogens is 5. The Labute approximate surface area is 199 Å². The van der Waals surface area contributed by atoms with Gasteiger partial charge in [-0.3, -0.25) is 13.9 Å². The molecule has 1 aliphatic heterocycles. The number of nitrogens with zero attached hydrogens (tertiary/aromatic N) is 5. The van der Waals surface area contributed by atoms with Crippen molar-refractivity contribution in [3.05, 3.63) is 80.7 Å². The van der Waals surface area contributed by atoms with Gasteiger partial charge in [0.25, 0.3) is 12.0 Å². The molecule has 4 heterocycles. The minimum atomic E-state index is -2.57. The molecular weight excluding hydrogens is 464 g/mol. The van der Waals surface area contributed by atoms with Crippen LogP contribution < -0.4 is 5.56 Å². The molecule has 5 rings (SSSR count). The number of benzene rings is 1. The van der Waals surface area contributed by atoms with Crippen LogP contribution in [0.2, 0.25) is 5.02 Å². The van der Waals surface area contributed by atoms with Gasteiger partial charge in [-0.15, -0.1) is 0 Å². The number of aryl methyl sites for hydroxylation is 2. The molecule has 1 aromatic carbocycles. The van der Waals surface area contributed by atoms with Crippen LogP contribution in [-0.2, 0) is 11.8 Å². The average Bonchev–Trinajstić information content (AvgIpc) is 3.29. The molecule has 0 radical (unpaired) electrons. The molecule has 1 fully saturated rings. The quantitative estimate of drug-likeness (QED) is 0.405. The van der Waals surface area contributed by atoms with E-state index in [4.69, 9.17) is 21.3 Å². The molecule has 3 aromatic heterocycles. The predicted molar refractivity (Wildman–Crippen MR) is 123 cm³/mol. The first-order valence-corrected chi connectivity index (χ1v) is 11.3. The molecule has 7 nitrogen and oxygen atoms in total. The smallest absolute Gasteiger partial charge is 0.277 e. The van der Waals surface area contributed by atoms with Crippen LogP contribution in [0.3, 0.4) is 0 Å². The van der Waals surface area contributed by atoms with Crippen LogP contribution in [0.5, 0.6) is 0 Å².